The summed E-state index contributed by atoms with van der Waals surface area (Å²) in [6.07, 6.45) is 0.440. The molecule has 0 bridgehead atoms. The van der Waals surface area contributed by atoms with Gasteiger partial charge in [0.1, 0.15) is 5.75 Å². The molecule has 3 rings (SSSR count). The molecule has 140 valence electrons. The summed E-state index contributed by atoms with van der Waals surface area (Å²) >= 11 is 1.67. The van der Waals surface area contributed by atoms with Gasteiger partial charge in [-0.3, -0.25) is 4.79 Å². The Bertz CT molecular complexity index is 801. The fourth-order valence-electron chi connectivity index (χ4n) is 3.22. The lowest BCUT2D eigenvalue weighted by atomic mass is 9.92. The van der Waals surface area contributed by atoms with E-state index in [0.717, 1.165) is 34.2 Å². The molecule has 2 heterocycles. The van der Waals surface area contributed by atoms with Crippen molar-refractivity contribution in [3.05, 3.63) is 39.9 Å². The van der Waals surface area contributed by atoms with Crippen molar-refractivity contribution in [3.8, 4) is 5.75 Å². The van der Waals surface area contributed by atoms with Crippen LogP contribution in [0.2, 0.25) is 0 Å². The normalized spacial score (nSPS) is 16.8. The van der Waals surface area contributed by atoms with E-state index in [-0.39, 0.29) is 11.8 Å². The number of carbonyl (C=O) groups is 1. The number of nitrogens with zero attached hydrogens (tertiary/aromatic N) is 3. The van der Waals surface area contributed by atoms with Crippen LogP contribution in [0.25, 0.3) is 0 Å². The van der Waals surface area contributed by atoms with Crippen LogP contribution in [0.4, 0.5) is 5.13 Å². The average molecular weight is 375 g/mol. The van der Waals surface area contributed by atoms with E-state index in [2.05, 4.69) is 22.3 Å². The van der Waals surface area contributed by atoms with Crippen LogP contribution >= 0.6 is 11.3 Å². The number of nitrogens with one attached hydrogen (secondary N) is 1. The standard InChI is InChI=1S/C19H26N4O2S/c1-22(2)11-13-8-12(6-7-16(13)25-5)14-9-17(24)20-10-15-18(14)26-19(21-15)23(3)4/h6-8,14H,9-11H2,1-5H3,(H,20,24)/t14-/m0/s1. The molecular weight excluding hydrogens is 348 g/mol. The van der Waals surface area contributed by atoms with E-state index >= 15 is 0 Å². The number of aromatic nitrogens is 1. The van der Waals surface area contributed by atoms with Crippen molar-refractivity contribution in [1.29, 1.82) is 0 Å². The van der Waals surface area contributed by atoms with E-state index in [4.69, 9.17) is 9.72 Å². The lowest BCUT2D eigenvalue weighted by Crippen LogP contribution is -2.21. The van der Waals surface area contributed by atoms with E-state index in [1.807, 2.05) is 39.2 Å². The molecule has 1 atom stereocenters. The van der Waals surface area contributed by atoms with Crippen LogP contribution in [-0.4, -0.2) is 51.1 Å². The van der Waals surface area contributed by atoms with Crippen LogP contribution < -0.4 is 15.0 Å². The summed E-state index contributed by atoms with van der Waals surface area (Å²) in [6, 6.07) is 6.24. The van der Waals surface area contributed by atoms with Crippen molar-refractivity contribution in [2.24, 2.45) is 0 Å². The van der Waals surface area contributed by atoms with E-state index in [1.165, 1.54) is 4.88 Å². The molecule has 0 aliphatic carbocycles. The fourth-order valence-corrected chi connectivity index (χ4v) is 4.35. The number of anilines is 1. The van der Waals surface area contributed by atoms with Gasteiger partial charge in [0.25, 0.3) is 0 Å². The second kappa shape index (κ2) is 7.63. The predicted molar refractivity (Wildman–Crippen MR) is 105 cm³/mol. The molecule has 1 aliphatic heterocycles. The van der Waals surface area contributed by atoms with Crippen LogP contribution in [0, 0.1) is 0 Å². The highest BCUT2D eigenvalue weighted by Gasteiger charge is 2.29. The molecule has 0 saturated heterocycles. The molecule has 0 spiro atoms. The Morgan fingerprint density at radius 3 is 2.73 bits per heavy atom. The number of methoxy groups -OCH3 is 1. The molecule has 1 N–H and O–H groups in total. The minimum Gasteiger partial charge on any atom is -0.496 e. The first-order valence-electron chi connectivity index (χ1n) is 8.64. The highest BCUT2D eigenvalue weighted by molar-refractivity contribution is 7.15. The molecule has 1 aromatic carbocycles. The second-order valence-corrected chi connectivity index (χ2v) is 8.05. The second-order valence-electron chi connectivity index (χ2n) is 7.04. The SMILES string of the molecule is COc1ccc([C@@H]2CC(=O)NCc3nc(N(C)C)sc32)cc1CN(C)C. The first-order valence-corrected chi connectivity index (χ1v) is 9.45. The smallest absolute Gasteiger partial charge is 0.221 e. The summed E-state index contributed by atoms with van der Waals surface area (Å²) in [6.45, 7) is 1.28. The predicted octanol–water partition coefficient (Wildman–Crippen LogP) is 2.43. The molecule has 6 nitrogen and oxygen atoms in total. The third-order valence-electron chi connectivity index (χ3n) is 4.45. The van der Waals surface area contributed by atoms with Gasteiger partial charge in [-0.1, -0.05) is 12.1 Å². The molecule has 1 amide bonds. The maximum absolute atomic E-state index is 12.3. The first-order chi connectivity index (χ1) is 12.4. The van der Waals surface area contributed by atoms with Crippen molar-refractivity contribution < 1.29 is 9.53 Å². The Balaban J connectivity index is 2.05. The lowest BCUT2D eigenvalue weighted by Gasteiger charge is -2.19. The van der Waals surface area contributed by atoms with Crippen LogP contribution in [0.3, 0.4) is 0 Å². The zero-order valence-corrected chi connectivity index (χ0v) is 16.8. The molecule has 26 heavy (non-hydrogen) atoms. The molecule has 1 aliphatic rings. The molecule has 2 aromatic rings. The maximum atomic E-state index is 12.3. The molecule has 0 unspecified atom stereocenters. The van der Waals surface area contributed by atoms with Crippen molar-refractivity contribution in [3.63, 3.8) is 0 Å². The van der Waals surface area contributed by atoms with Gasteiger partial charge in [-0.15, -0.1) is 11.3 Å². The zero-order chi connectivity index (χ0) is 18.8. The average Bonchev–Trinajstić information content (AvgIpc) is 2.95. The van der Waals surface area contributed by atoms with Crippen LogP contribution in [0.1, 0.15) is 34.0 Å². The third-order valence-corrected chi connectivity index (χ3v) is 5.83. The molecule has 7 heteroatoms. The number of carbonyl (C=O) groups excluding carboxylic acids is 1. The summed E-state index contributed by atoms with van der Waals surface area (Å²) in [5.74, 6) is 0.959. The summed E-state index contributed by atoms with van der Waals surface area (Å²) in [7, 11) is 9.76. The molecular formula is C19H26N4O2S. The summed E-state index contributed by atoms with van der Waals surface area (Å²) in [5, 5.41) is 3.95. The number of ether oxygens (including phenoxy) is 1. The highest BCUT2D eigenvalue weighted by atomic mass is 32.1. The maximum Gasteiger partial charge on any atom is 0.221 e. The lowest BCUT2D eigenvalue weighted by molar-refractivity contribution is -0.121. The number of fused-ring (bicyclic) bond motifs is 1. The van der Waals surface area contributed by atoms with Gasteiger partial charge in [-0.25, -0.2) is 4.98 Å². The van der Waals surface area contributed by atoms with Gasteiger partial charge in [0.05, 0.1) is 19.3 Å². The van der Waals surface area contributed by atoms with Gasteiger partial charge in [-0.05, 0) is 25.7 Å². The largest absolute Gasteiger partial charge is 0.496 e. The molecule has 0 fully saturated rings. The number of thiazole rings is 1. The minimum atomic E-state index is 0.0190. The Hall–Kier alpha value is -2.12. The van der Waals surface area contributed by atoms with Crippen molar-refractivity contribution in [1.82, 2.24) is 15.2 Å². The highest BCUT2D eigenvalue weighted by Crippen LogP contribution is 2.40. The Labute approximate surface area is 158 Å². The van der Waals surface area contributed by atoms with Crippen LogP contribution in [-0.2, 0) is 17.9 Å². The summed E-state index contributed by atoms with van der Waals surface area (Å²) in [4.78, 5) is 22.3. The quantitative estimate of drug-likeness (QED) is 0.871. The number of rotatable bonds is 5. The molecule has 1 aromatic heterocycles. The first kappa shape index (κ1) is 18.7. The van der Waals surface area contributed by atoms with Crippen LogP contribution in [0.5, 0.6) is 5.75 Å². The summed E-state index contributed by atoms with van der Waals surface area (Å²) < 4.78 is 5.52. The number of hydrogen-bond donors (Lipinski definition) is 1. The monoisotopic (exact) mass is 374 g/mol. The van der Waals surface area contributed by atoms with Gasteiger partial charge in [0, 0.05) is 43.4 Å². The van der Waals surface area contributed by atoms with Crippen molar-refractivity contribution >= 4 is 22.4 Å². The Morgan fingerprint density at radius 2 is 2.08 bits per heavy atom. The zero-order valence-electron chi connectivity index (χ0n) is 16.0. The van der Waals surface area contributed by atoms with Gasteiger partial charge >= 0.3 is 0 Å². The van der Waals surface area contributed by atoms with E-state index in [0.29, 0.717) is 13.0 Å². The van der Waals surface area contributed by atoms with Gasteiger partial charge in [0.2, 0.25) is 5.91 Å². The third kappa shape index (κ3) is 3.83. The van der Waals surface area contributed by atoms with Gasteiger partial charge in [-0.2, -0.15) is 0 Å². The van der Waals surface area contributed by atoms with Gasteiger partial charge in [0.15, 0.2) is 5.13 Å². The number of benzene rings is 1. The minimum absolute atomic E-state index is 0.0190. The molecule has 0 saturated carbocycles. The number of amides is 1. The molecule has 0 radical (unpaired) electrons. The summed E-state index contributed by atoms with van der Waals surface area (Å²) in [5.41, 5.74) is 3.23. The van der Waals surface area contributed by atoms with Crippen molar-refractivity contribution in [2.75, 3.05) is 40.2 Å². The fraction of sp³-hybridized carbons (Fsp3) is 0.474. The topological polar surface area (TPSA) is 57.7 Å². The van der Waals surface area contributed by atoms with Crippen molar-refractivity contribution in [2.45, 2.75) is 25.4 Å². The van der Waals surface area contributed by atoms with E-state index in [9.17, 15) is 4.79 Å². The number of hydrogen-bond acceptors (Lipinski definition) is 6. The van der Waals surface area contributed by atoms with Gasteiger partial charge < -0.3 is 19.9 Å². The van der Waals surface area contributed by atoms with E-state index in [1.54, 1.807) is 18.4 Å². The van der Waals surface area contributed by atoms with Crippen LogP contribution in [0.15, 0.2) is 18.2 Å². The Morgan fingerprint density at radius 1 is 1.31 bits per heavy atom. The Kier molecular flexibility index (Phi) is 5.48. The van der Waals surface area contributed by atoms with E-state index < -0.39 is 0 Å².